The standard InChI is InChI=1S/C25H21N5O2/c26-14-12-24(31)30-19-8-11-23-22(16-19)25(29-17-28-23)27-15-13-18-6-9-21(10-7-18)32-20-4-2-1-3-5-20/h1-11,16-17H,12-13,15H2,(H,30,31)(H,27,28,29). The van der Waals surface area contributed by atoms with Gasteiger partial charge in [0.1, 0.15) is 30.1 Å². The van der Waals surface area contributed by atoms with Gasteiger partial charge in [0, 0.05) is 17.6 Å². The fourth-order valence-corrected chi connectivity index (χ4v) is 3.23. The topological polar surface area (TPSA) is 99.9 Å². The molecule has 2 N–H and O–H groups in total. The molecule has 4 aromatic rings. The molecule has 4 rings (SSSR count). The third kappa shape index (κ3) is 5.37. The average molecular weight is 423 g/mol. The van der Waals surface area contributed by atoms with Crippen LogP contribution in [-0.2, 0) is 11.2 Å². The van der Waals surface area contributed by atoms with Crippen molar-refractivity contribution in [1.29, 1.82) is 5.26 Å². The molecular weight excluding hydrogens is 402 g/mol. The largest absolute Gasteiger partial charge is 0.457 e. The lowest BCUT2D eigenvalue weighted by molar-refractivity contribution is -0.115. The van der Waals surface area contributed by atoms with Crippen LogP contribution in [0.4, 0.5) is 11.5 Å². The number of carbonyl (C=O) groups excluding carboxylic acids is 1. The van der Waals surface area contributed by atoms with Gasteiger partial charge in [-0.1, -0.05) is 30.3 Å². The zero-order chi connectivity index (χ0) is 22.2. The number of para-hydroxylation sites is 1. The Morgan fingerprint density at radius 3 is 2.53 bits per heavy atom. The van der Waals surface area contributed by atoms with Gasteiger partial charge in [0.05, 0.1) is 11.6 Å². The molecule has 0 saturated heterocycles. The number of aromatic nitrogens is 2. The van der Waals surface area contributed by atoms with E-state index in [-0.39, 0.29) is 12.3 Å². The van der Waals surface area contributed by atoms with E-state index >= 15 is 0 Å². The normalized spacial score (nSPS) is 10.3. The first-order valence-electron chi connectivity index (χ1n) is 10.2. The van der Waals surface area contributed by atoms with Crippen molar-refractivity contribution in [3.8, 4) is 17.6 Å². The van der Waals surface area contributed by atoms with Crippen LogP contribution >= 0.6 is 0 Å². The zero-order valence-electron chi connectivity index (χ0n) is 17.3. The van der Waals surface area contributed by atoms with Gasteiger partial charge >= 0.3 is 0 Å². The van der Waals surface area contributed by atoms with Gasteiger partial charge in [-0.25, -0.2) is 9.97 Å². The molecule has 0 unspecified atom stereocenters. The third-order valence-corrected chi connectivity index (χ3v) is 4.77. The van der Waals surface area contributed by atoms with Gasteiger partial charge in [0.25, 0.3) is 0 Å². The van der Waals surface area contributed by atoms with E-state index in [1.54, 1.807) is 6.07 Å². The summed E-state index contributed by atoms with van der Waals surface area (Å²) in [5, 5.41) is 15.5. The second-order valence-electron chi connectivity index (χ2n) is 7.07. The Morgan fingerprint density at radius 2 is 1.75 bits per heavy atom. The SMILES string of the molecule is N#CCC(=O)Nc1ccc2ncnc(NCCc3ccc(Oc4ccccc4)cc3)c2c1. The number of carbonyl (C=O) groups is 1. The first-order valence-corrected chi connectivity index (χ1v) is 10.2. The maximum atomic E-state index is 11.7. The minimum atomic E-state index is -0.349. The summed E-state index contributed by atoms with van der Waals surface area (Å²) < 4.78 is 5.83. The number of hydrogen-bond acceptors (Lipinski definition) is 6. The number of amides is 1. The van der Waals surface area contributed by atoms with Gasteiger partial charge in [-0.15, -0.1) is 0 Å². The predicted molar refractivity (Wildman–Crippen MR) is 124 cm³/mol. The van der Waals surface area contributed by atoms with Crippen LogP contribution in [0.25, 0.3) is 10.9 Å². The fourth-order valence-electron chi connectivity index (χ4n) is 3.23. The van der Waals surface area contributed by atoms with E-state index < -0.39 is 0 Å². The van der Waals surface area contributed by atoms with Crippen molar-refractivity contribution in [1.82, 2.24) is 9.97 Å². The summed E-state index contributed by atoms with van der Waals surface area (Å²) in [5.74, 6) is 1.94. The van der Waals surface area contributed by atoms with E-state index in [9.17, 15) is 4.79 Å². The molecule has 0 bridgehead atoms. The summed E-state index contributed by atoms with van der Waals surface area (Å²) in [4.78, 5) is 20.3. The molecule has 0 spiro atoms. The van der Waals surface area contributed by atoms with Crippen LogP contribution in [0.15, 0.2) is 79.1 Å². The van der Waals surface area contributed by atoms with Crippen molar-refractivity contribution >= 4 is 28.3 Å². The molecule has 1 amide bonds. The number of anilines is 2. The maximum absolute atomic E-state index is 11.7. The molecule has 1 aromatic heterocycles. The molecule has 7 heteroatoms. The van der Waals surface area contributed by atoms with Gasteiger partial charge in [-0.2, -0.15) is 5.26 Å². The van der Waals surface area contributed by atoms with Crippen molar-refractivity contribution in [2.75, 3.05) is 17.2 Å². The molecule has 0 aliphatic rings. The van der Waals surface area contributed by atoms with Crippen LogP contribution < -0.4 is 15.4 Å². The molecule has 0 fully saturated rings. The molecule has 0 saturated carbocycles. The second-order valence-corrected chi connectivity index (χ2v) is 7.07. The van der Waals surface area contributed by atoms with E-state index in [1.807, 2.05) is 72.8 Å². The minimum absolute atomic E-state index is 0.191. The molecule has 32 heavy (non-hydrogen) atoms. The van der Waals surface area contributed by atoms with E-state index in [0.29, 0.717) is 18.1 Å². The summed E-state index contributed by atoms with van der Waals surface area (Å²) in [6.07, 6.45) is 2.12. The lowest BCUT2D eigenvalue weighted by Gasteiger charge is -2.11. The van der Waals surface area contributed by atoms with Crippen LogP contribution in [0.2, 0.25) is 0 Å². The van der Waals surface area contributed by atoms with Crippen LogP contribution in [0.1, 0.15) is 12.0 Å². The summed E-state index contributed by atoms with van der Waals surface area (Å²) in [6, 6.07) is 24.9. The van der Waals surface area contributed by atoms with Crippen molar-refractivity contribution < 1.29 is 9.53 Å². The van der Waals surface area contributed by atoms with Crippen LogP contribution in [0.5, 0.6) is 11.5 Å². The lowest BCUT2D eigenvalue weighted by Crippen LogP contribution is -2.10. The van der Waals surface area contributed by atoms with E-state index in [0.717, 1.165) is 28.8 Å². The highest BCUT2D eigenvalue weighted by atomic mass is 16.5. The summed E-state index contributed by atoms with van der Waals surface area (Å²) in [5.41, 5.74) is 2.54. The van der Waals surface area contributed by atoms with Crippen molar-refractivity contribution in [2.45, 2.75) is 12.8 Å². The Bertz CT molecular complexity index is 1250. The smallest absolute Gasteiger partial charge is 0.238 e. The summed E-state index contributed by atoms with van der Waals surface area (Å²) >= 11 is 0. The maximum Gasteiger partial charge on any atom is 0.238 e. The van der Waals surface area contributed by atoms with Crippen molar-refractivity contribution in [2.24, 2.45) is 0 Å². The highest BCUT2D eigenvalue weighted by Crippen LogP contribution is 2.24. The average Bonchev–Trinajstić information content (AvgIpc) is 2.81. The van der Waals surface area contributed by atoms with Crippen molar-refractivity contribution in [3.05, 3.63) is 84.7 Å². The molecule has 0 radical (unpaired) electrons. The van der Waals surface area contributed by atoms with Crippen LogP contribution in [0.3, 0.4) is 0 Å². The number of benzene rings is 3. The van der Waals surface area contributed by atoms with E-state index in [4.69, 9.17) is 10.00 Å². The van der Waals surface area contributed by atoms with E-state index in [2.05, 4.69) is 20.6 Å². The first-order chi connectivity index (χ1) is 15.7. The molecule has 158 valence electrons. The molecule has 3 aromatic carbocycles. The first kappa shape index (κ1) is 20.8. The molecular formula is C25H21N5O2. The Kier molecular flexibility index (Phi) is 6.54. The van der Waals surface area contributed by atoms with E-state index in [1.165, 1.54) is 11.9 Å². The number of nitriles is 1. The monoisotopic (exact) mass is 423 g/mol. The van der Waals surface area contributed by atoms with Gasteiger partial charge in [-0.3, -0.25) is 4.79 Å². The van der Waals surface area contributed by atoms with Crippen LogP contribution in [-0.4, -0.2) is 22.4 Å². The van der Waals surface area contributed by atoms with Crippen molar-refractivity contribution in [3.63, 3.8) is 0 Å². The highest BCUT2D eigenvalue weighted by Gasteiger charge is 2.07. The summed E-state index contributed by atoms with van der Waals surface area (Å²) in [7, 11) is 0. The van der Waals surface area contributed by atoms with Gasteiger partial charge in [0.15, 0.2) is 0 Å². The Hall–Kier alpha value is -4.44. The Labute approximate surface area is 185 Å². The quantitative estimate of drug-likeness (QED) is 0.417. The number of nitrogens with zero attached hydrogens (tertiary/aromatic N) is 3. The molecule has 7 nitrogen and oxygen atoms in total. The molecule has 0 aliphatic carbocycles. The number of fused-ring (bicyclic) bond motifs is 1. The third-order valence-electron chi connectivity index (χ3n) is 4.77. The molecule has 1 heterocycles. The highest BCUT2D eigenvalue weighted by molar-refractivity contribution is 5.97. The number of hydrogen-bond donors (Lipinski definition) is 2. The summed E-state index contributed by atoms with van der Waals surface area (Å²) in [6.45, 7) is 0.677. The Balaban J connectivity index is 1.38. The van der Waals surface area contributed by atoms with Gasteiger partial charge < -0.3 is 15.4 Å². The van der Waals surface area contributed by atoms with Gasteiger partial charge in [-0.05, 0) is 54.4 Å². The van der Waals surface area contributed by atoms with Gasteiger partial charge in [0.2, 0.25) is 5.91 Å². The number of nitrogens with one attached hydrogen (secondary N) is 2. The zero-order valence-corrected chi connectivity index (χ0v) is 17.3. The lowest BCUT2D eigenvalue weighted by atomic mass is 10.1. The number of rotatable bonds is 8. The number of ether oxygens (including phenoxy) is 1. The molecule has 0 aliphatic heterocycles. The predicted octanol–water partition coefficient (Wildman–Crippen LogP) is 4.93. The molecule has 0 atom stereocenters. The fraction of sp³-hybridized carbons (Fsp3) is 0.120. The van der Waals surface area contributed by atoms with Crippen LogP contribution in [0, 0.1) is 11.3 Å². The Morgan fingerprint density at radius 1 is 0.969 bits per heavy atom. The minimum Gasteiger partial charge on any atom is -0.457 e. The second kappa shape index (κ2) is 10.0.